The molecule has 1 aromatic rings. The Kier molecular flexibility index (Phi) is 6.27. The Morgan fingerprint density at radius 1 is 1.06 bits per heavy atom. The van der Waals surface area contributed by atoms with Crippen LogP contribution in [0.4, 0.5) is 8.78 Å². The zero-order chi connectivity index (χ0) is 13.5. The van der Waals surface area contributed by atoms with E-state index in [0.717, 1.165) is 19.5 Å². The summed E-state index contributed by atoms with van der Waals surface area (Å²) in [5, 5.41) is 3.36. The third-order valence-electron chi connectivity index (χ3n) is 2.99. The predicted molar refractivity (Wildman–Crippen MR) is 71.6 cm³/mol. The second kappa shape index (κ2) is 7.47. The maximum Gasteiger partial charge on any atom is 0.129 e. The fourth-order valence-corrected chi connectivity index (χ4v) is 1.88. The molecule has 0 fully saturated rings. The molecule has 1 rings (SSSR count). The molecule has 0 saturated heterocycles. The minimum absolute atomic E-state index is 0.216. The fraction of sp³-hybridized carbons (Fsp3) is 0.600. The molecule has 0 amide bonds. The maximum atomic E-state index is 13.4. The third-order valence-corrected chi connectivity index (χ3v) is 2.99. The molecule has 0 aliphatic rings. The largest absolute Gasteiger partial charge is 0.316 e. The summed E-state index contributed by atoms with van der Waals surface area (Å²) in [5.41, 5.74) is 0.216. The van der Waals surface area contributed by atoms with Crippen molar-refractivity contribution in [1.82, 2.24) is 5.32 Å². The van der Waals surface area contributed by atoms with Gasteiger partial charge in [-0.2, -0.15) is 0 Å². The number of nitrogens with one attached hydrogen (secondary N) is 1. The Labute approximate surface area is 109 Å². The molecule has 1 atom stereocenters. The summed E-state index contributed by atoms with van der Waals surface area (Å²) in [6, 6.07) is 4.04. The molecule has 0 spiro atoms. The smallest absolute Gasteiger partial charge is 0.129 e. The average molecular weight is 255 g/mol. The van der Waals surface area contributed by atoms with Crippen LogP contribution in [0.5, 0.6) is 0 Å². The first kappa shape index (κ1) is 15.1. The van der Waals surface area contributed by atoms with Gasteiger partial charge >= 0.3 is 0 Å². The van der Waals surface area contributed by atoms with Crippen LogP contribution in [0.2, 0.25) is 0 Å². The number of hydrogen-bond donors (Lipinski definition) is 1. The molecule has 0 bridgehead atoms. The van der Waals surface area contributed by atoms with Crippen LogP contribution in [0.3, 0.4) is 0 Å². The van der Waals surface area contributed by atoms with Crippen LogP contribution >= 0.6 is 0 Å². The van der Waals surface area contributed by atoms with E-state index in [9.17, 15) is 8.78 Å². The number of benzene rings is 1. The van der Waals surface area contributed by atoms with E-state index in [4.69, 9.17) is 0 Å². The van der Waals surface area contributed by atoms with Crippen LogP contribution in [0.15, 0.2) is 18.2 Å². The van der Waals surface area contributed by atoms with Crippen LogP contribution in [0.25, 0.3) is 0 Å². The van der Waals surface area contributed by atoms with Gasteiger partial charge in [0.15, 0.2) is 0 Å². The molecule has 1 aromatic carbocycles. The Hall–Kier alpha value is -0.960. The van der Waals surface area contributed by atoms with Crippen LogP contribution in [-0.4, -0.2) is 13.1 Å². The molecule has 0 aromatic heterocycles. The van der Waals surface area contributed by atoms with Crippen molar-refractivity contribution in [2.75, 3.05) is 13.1 Å². The molecule has 3 heteroatoms. The van der Waals surface area contributed by atoms with Gasteiger partial charge in [-0.15, -0.1) is 0 Å². The average Bonchev–Trinajstić information content (AvgIpc) is 2.27. The van der Waals surface area contributed by atoms with E-state index in [2.05, 4.69) is 26.1 Å². The summed E-state index contributed by atoms with van der Waals surface area (Å²) in [4.78, 5) is 0. The minimum Gasteiger partial charge on any atom is -0.316 e. The van der Waals surface area contributed by atoms with Crippen LogP contribution in [-0.2, 0) is 6.42 Å². The second-order valence-corrected chi connectivity index (χ2v) is 5.40. The van der Waals surface area contributed by atoms with Gasteiger partial charge in [-0.1, -0.05) is 26.8 Å². The van der Waals surface area contributed by atoms with Gasteiger partial charge < -0.3 is 5.32 Å². The Bertz CT molecular complexity index is 343. The Balaban J connectivity index is 2.36. The van der Waals surface area contributed by atoms with Crippen LogP contribution in [0.1, 0.15) is 32.8 Å². The quantitative estimate of drug-likeness (QED) is 0.782. The van der Waals surface area contributed by atoms with Crippen molar-refractivity contribution in [3.05, 3.63) is 35.4 Å². The van der Waals surface area contributed by atoms with Crippen molar-refractivity contribution in [2.24, 2.45) is 11.8 Å². The first-order valence-corrected chi connectivity index (χ1v) is 6.64. The monoisotopic (exact) mass is 255 g/mol. The highest BCUT2D eigenvalue weighted by molar-refractivity contribution is 5.19. The summed E-state index contributed by atoms with van der Waals surface area (Å²) in [7, 11) is 0. The Morgan fingerprint density at radius 3 is 2.22 bits per heavy atom. The van der Waals surface area contributed by atoms with Gasteiger partial charge in [0.25, 0.3) is 0 Å². The van der Waals surface area contributed by atoms with Gasteiger partial charge in [-0.05, 0) is 49.9 Å². The van der Waals surface area contributed by atoms with Gasteiger partial charge in [0, 0.05) is 5.56 Å². The molecule has 18 heavy (non-hydrogen) atoms. The molecule has 0 aliphatic heterocycles. The maximum absolute atomic E-state index is 13.4. The summed E-state index contributed by atoms with van der Waals surface area (Å²) < 4.78 is 26.8. The van der Waals surface area contributed by atoms with Gasteiger partial charge in [0.2, 0.25) is 0 Å². The summed E-state index contributed by atoms with van der Waals surface area (Å²) in [5.74, 6) is 0.179. The fourth-order valence-electron chi connectivity index (χ4n) is 1.88. The van der Waals surface area contributed by atoms with Crippen molar-refractivity contribution in [1.29, 1.82) is 0 Å². The zero-order valence-corrected chi connectivity index (χ0v) is 11.5. The Morgan fingerprint density at radius 2 is 1.67 bits per heavy atom. The summed E-state index contributed by atoms with van der Waals surface area (Å²) in [6.07, 6.45) is 1.26. The van der Waals surface area contributed by atoms with E-state index in [0.29, 0.717) is 18.3 Å². The molecule has 1 nitrogen and oxygen atoms in total. The minimum atomic E-state index is -0.433. The number of rotatable bonds is 7. The lowest BCUT2D eigenvalue weighted by Crippen LogP contribution is -2.25. The van der Waals surface area contributed by atoms with E-state index in [1.807, 2.05) is 0 Å². The van der Waals surface area contributed by atoms with Crippen molar-refractivity contribution >= 4 is 0 Å². The van der Waals surface area contributed by atoms with E-state index in [1.165, 1.54) is 18.2 Å². The molecular formula is C15H23F2N. The van der Waals surface area contributed by atoms with Crippen LogP contribution < -0.4 is 5.32 Å². The van der Waals surface area contributed by atoms with Crippen molar-refractivity contribution in [3.8, 4) is 0 Å². The predicted octanol–water partition coefficient (Wildman–Crippen LogP) is 3.78. The lowest BCUT2D eigenvalue weighted by molar-refractivity contribution is 0.446. The third kappa shape index (κ3) is 5.13. The molecule has 1 N–H and O–H groups in total. The summed E-state index contributed by atoms with van der Waals surface area (Å²) in [6.45, 7) is 8.30. The van der Waals surface area contributed by atoms with Crippen molar-refractivity contribution in [3.63, 3.8) is 0 Å². The molecular weight excluding hydrogens is 232 g/mol. The highest BCUT2D eigenvalue weighted by Crippen LogP contribution is 2.16. The van der Waals surface area contributed by atoms with E-state index < -0.39 is 11.6 Å². The SMILES string of the molecule is CC(C)CNCC(C)CCc1c(F)cccc1F. The molecule has 0 saturated carbocycles. The van der Waals surface area contributed by atoms with Crippen molar-refractivity contribution in [2.45, 2.75) is 33.6 Å². The van der Waals surface area contributed by atoms with E-state index in [1.54, 1.807) is 0 Å². The lowest BCUT2D eigenvalue weighted by Gasteiger charge is -2.14. The standard InChI is InChI=1S/C15H23F2N/c1-11(2)9-18-10-12(3)7-8-13-14(16)5-4-6-15(13)17/h4-6,11-12,18H,7-10H2,1-3H3. The highest BCUT2D eigenvalue weighted by atomic mass is 19.1. The van der Waals surface area contributed by atoms with E-state index >= 15 is 0 Å². The number of hydrogen-bond acceptors (Lipinski definition) is 1. The van der Waals surface area contributed by atoms with Crippen LogP contribution in [0, 0.1) is 23.5 Å². The second-order valence-electron chi connectivity index (χ2n) is 5.40. The first-order chi connectivity index (χ1) is 8.50. The topological polar surface area (TPSA) is 12.0 Å². The van der Waals surface area contributed by atoms with Crippen molar-refractivity contribution < 1.29 is 8.78 Å². The zero-order valence-electron chi connectivity index (χ0n) is 11.5. The lowest BCUT2D eigenvalue weighted by atomic mass is 10.00. The normalized spacial score (nSPS) is 13.0. The highest BCUT2D eigenvalue weighted by Gasteiger charge is 2.10. The van der Waals surface area contributed by atoms with Gasteiger partial charge in [-0.3, -0.25) is 0 Å². The molecule has 0 heterocycles. The summed E-state index contributed by atoms with van der Waals surface area (Å²) >= 11 is 0. The molecule has 0 radical (unpaired) electrons. The van der Waals surface area contributed by atoms with Gasteiger partial charge in [-0.25, -0.2) is 8.78 Å². The first-order valence-electron chi connectivity index (χ1n) is 6.64. The number of halogens is 2. The molecule has 102 valence electrons. The van der Waals surface area contributed by atoms with E-state index in [-0.39, 0.29) is 5.56 Å². The van der Waals surface area contributed by atoms with Gasteiger partial charge in [0.1, 0.15) is 11.6 Å². The molecule has 0 aliphatic carbocycles. The molecule has 1 unspecified atom stereocenters. The van der Waals surface area contributed by atoms with Gasteiger partial charge in [0.05, 0.1) is 0 Å².